The van der Waals surface area contributed by atoms with Crippen LogP contribution in [0.25, 0.3) is 0 Å². The Morgan fingerprint density at radius 3 is 2.77 bits per heavy atom. The zero-order chi connectivity index (χ0) is 18.8. The molecule has 0 bridgehead atoms. The van der Waals surface area contributed by atoms with Gasteiger partial charge in [0.05, 0.1) is 12.2 Å². The summed E-state index contributed by atoms with van der Waals surface area (Å²) in [4.78, 5) is 38.5. The molecule has 1 atom stereocenters. The van der Waals surface area contributed by atoms with Gasteiger partial charge >= 0.3 is 0 Å². The normalized spacial score (nSPS) is 14.7. The number of amides is 2. The van der Waals surface area contributed by atoms with Crippen molar-refractivity contribution in [1.82, 2.24) is 9.78 Å². The van der Waals surface area contributed by atoms with Gasteiger partial charge in [0.1, 0.15) is 11.9 Å². The van der Waals surface area contributed by atoms with Gasteiger partial charge in [-0.25, -0.2) is 4.68 Å². The Balaban J connectivity index is 1.86. The van der Waals surface area contributed by atoms with Crippen LogP contribution in [0.15, 0.2) is 30.3 Å². The van der Waals surface area contributed by atoms with Crippen molar-refractivity contribution < 1.29 is 14.4 Å². The van der Waals surface area contributed by atoms with Gasteiger partial charge in [-0.05, 0) is 32.4 Å². The maximum atomic E-state index is 12.9. The highest BCUT2D eigenvalue weighted by Gasteiger charge is 2.34. The van der Waals surface area contributed by atoms with E-state index in [-0.39, 0.29) is 17.6 Å². The van der Waals surface area contributed by atoms with Crippen LogP contribution in [0.5, 0.6) is 0 Å². The molecule has 0 radical (unpaired) electrons. The molecule has 2 heterocycles. The molecule has 1 unspecified atom stereocenters. The third-order valence-electron chi connectivity index (χ3n) is 4.47. The van der Waals surface area contributed by atoms with E-state index in [0.717, 1.165) is 5.69 Å². The predicted octanol–water partition coefficient (Wildman–Crippen LogP) is 2.55. The average Bonchev–Trinajstić information content (AvgIpc) is 2.98. The zero-order valence-electron chi connectivity index (χ0n) is 15.2. The van der Waals surface area contributed by atoms with Gasteiger partial charge in [0.2, 0.25) is 11.8 Å². The Morgan fingerprint density at radius 1 is 1.31 bits per heavy atom. The smallest absolute Gasteiger partial charge is 0.247 e. The first-order valence-electron chi connectivity index (χ1n) is 8.69. The second-order valence-corrected chi connectivity index (χ2v) is 6.43. The summed E-state index contributed by atoms with van der Waals surface area (Å²) in [7, 11) is 0. The lowest BCUT2D eigenvalue weighted by molar-refractivity contribution is -0.124. The standard InChI is InChI=1S/C19H22N4O3/c1-4-16(19(26)20-15-7-5-6-14(11-15)13(3)24)23-17-10-12(2)21-22(17)9-8-18(23)25/h5-7,10-11,16H,4,8-9H2,1-3H3,(H,20,26). The Kier molecular flexibility index (Phi) is 4.88. The molecule has 1 aliphatic rings. The SMILES string of the molecule is CCC(C(=O)Nc1cccc(C(C)=O)c1)N1C(=O)CCn2nc(C)cc21. The van der Waals surface area contributed by atoms with Crippen LogP contribution in [-0.2, 0) is 16.1 Å². The number of hydrogen-bond acceptors (Lipinski definition) is 4. The largest absolute Gasteiger partial charge is 0.324 e. The van der Waals surface area contributed by atoms with Gasteiger partial charge in [0.25, 0.3) is 0 Å². The first-order valence-corrected chi connectivity index (χ1v) is 8.69. The van der Waals surface area contributed by atoms with Gasteiger partial charge in [-0.1, -0.05) is 19.1 Å². The second-order valence-electron chi connectivity index (χ2n) is 6.43. The first kappa shape index (κ1) is 17.8. The number of benzene rings is 1. The number of hydrogen-bond donors (Lipinski definition) is 1. The summed E-state index contributed by atoms with van der Waals surface area (Å²) in [6.07, 6.45) is 0.784. The second kappa shape index (κ2) is 7.11. The third-order valence-corrected chi connectivity index (χ3v) is 4.47. The van der Waals surface area contributed by atoms with Gasteiger partial charge in [-0.3, -0.25) is 19.3 Å². The lowest BCUT2D eigenvalue weighted by Crippen LogP contribution is -2.50. The maximum Gasteiger partial charge on any atom is 0.247 e. The first-order chi connectivity index (χ1) is 12.4. The Morgan fingerprint density at radius 2 is 2.08 bits per heavy atom. The third kappa shape index (κ3) is 3.37. The molecule has 2 amide bonds. The number of anilines is 2. The summed E-state index contributed by atoms with van der Waals surface area (Å²) in [6.45, 7) is 5.73. The monoisotopic (exact) mass is 354 g/mol. The van der Waals surface area contributed by atoms with Crippen molar-refractivity contribution in [1.29, 1.82) is 0 Å². The lowest BCUT2D eigenvalue weighted by atomic mass is 10.1. The number of carbonyl (C=O) groups excluding carboxylic acids is 3. The minimum absolute atomic E-state index is 0.0706. The number of rotatable bonds is 5. The molecule has 1 aliphatic heterocycles. The molecule has 1 N–H and O–H groups in total. The van der Waals surface area contributed by atoms with Crippen molar-refractivity contribution in [3.05, 3.63) is 41.6 Å². The van der Waals surface area contributed by atoms with Crippen molar-refractivity contribution in [3.63, 3.8) is 0 Å². The molecule has 7 nitrogen and oxygen atoms in total. The fourth-order valence-electron chi connectivity index (χ4n) is 3.20. The molecule has 0 aliphatic carbocycles. The summed E-state index contributed by atoms with van der Waals surface area (Å²) >= 11 is 0. The van der Waals surface area contributed by atoms with E-state index in [2.05, 4.69) is 10.4 Å². The topological polar surface area (TPSA) is 84.3 Å². The van der Waals surface area contributed by atoms with E-state index >= 15 is 0 Å². The number of ketones is 1. The fourth-order valence-corrected chi connectivity index (χ4v) is 3.20. The molecular formula is C19H22N4O3. The van der Waals surface area contributed by atoms with Gasteiger partial charge in [0, 0.05) is 23.7 Å². The van der Waals surface area contributed by atoms with Crippen LogP contribution >= 0.6 is 0 Å². The van der Waals surface area contributed by atoms with Gasteiger partial charge in [-0.2, -0.15) is 5.10 Å². The van der Waals surface area contributed by atoms with E-state index in [4.69, 9.17) is 0 Å². The van der Waals surface area contributed by atoms with Crippen LogP contribution in [0.2, 0.25) is 0 Å². The molecular weight excluding hydrogens is 332 g/mol. The Bertz CT molecular complexity index is 871. The van der Waals surface area contributed by atoms with E-state index in [1.807, 2.05) is 19.9 Å². The van der Waals surface area contributed by atoms with Crippen molar-refractivity contribution in [2.45, 2.75) is 46.2 Å². The molecule has 7 heteroatoms. The number of aryl methyl sites for hydroxylation is 2. The van der Waals surface area contributed by atoms with E-state index in [1.165, 1.54) is 11.8 Å². The molecule has 3 rings (SSSR count). The summed E-state index contributed by atoms with van der Waals surface area (Å²) in [5, 5.41) is 7.21. The van der Waals surface area contributed by atoms with Crippen molar-refractivity contribution >= 4 is 29.1 Å². The maximum absolute atomic E-state index is 12.9. The van der Waals surface area contributed by atoms with Crippen LogP contribution in [0, 0.1) is 6.92 Å². The Hall–Kier alpha value is -2.96. The lowest BCUT2D eigenvalue weighted by Gasteiger charge is -2.33. The summed E-state index contributed by atoms with van der Waals surface area (Å²) in [5.74, 6) is 0.211. The zero-order valence-corrected chi connectivity index (χ0v) is 15.2. The highest BCUT2D eigenvalue weighted by molar-refractivity contribution is 6.05. The minimum atomic E-state index is -0.640. The van der Waals surface area contributed by atoms with E-state index in [1.54, 1.807) is 28.9 Å². The number of nitrogens with zero attached hydrogens (tertiary/aromatic N) is 3. The highest BCUT2D eigenvalue weighted by atomic mass is 16.2. The number of fused-ring (bicyclic) bond motifs is 1. The summed E-state index contributed by atoms with van der Waals surface area (Å²) < 4.78 is 1.77. The van der Waals surface area contributed by atoms with Gasteiger partial charge in [0.15, 0.2) is 5.78 Å². The number of nitrogens with one attached hydrogen (secondary N) is 1. The van der Waals surface area contributed by atoms with Crippen LogP contribution in [0.1, 0.15) is 42.7 Å². The summed E-state index contributed by atoms with van der Waals surface area (Å²) in [5.41, 5.74) is 1.87. The number of carbonyl (C=O) groups is 3. The van der Waals surface area contributed by atoms with Crippen molar-refractivity contribution in [2.24, 2.45) is 0 Å². The van der Waals surface area contributed by atoms with Crippen LogP contribution in [-0.4, -0.2) is 33.4 Å². The quantitative estimate of drug-likeness (QED) is 0.836. The van der Waals surface area contributed by atoms with Crippen molar-refractivity contribution in [3.8, 4) is 0 Å². The molecule has 0 saturated carbocycles. The molecule has 2 aromatic rings. The molecule has 136 valence electrons. The average molecular weight is 354 g/mol. The minimum Gasteiger partial charge on any atom is -0.324 e. The van der Waals surface area contributed by atoms with E-state index in [9.17, 15) is 14.4 Å². The highest BCUT2D eigenvalue weighted by Crippen LogP contribution is 2.26. The number of Topliss-reactive ketones (excluding diaryl/α,β-unsaturated/α-hetero) is 1. The predicted molar refractivity (Wildman–Crippen MR) is 98.2 cm³/mol. The van der Waals surface area contributed by atoms with Gasteiger partial charge < -0.3 is 5.32 Å². The van der Waals surface area contributed by atoms with Gasteiger partial charge in [-0.15, -0.1) is 0 Å². The van der Waals surface area contributed by atoms with Crippen molar-refractivity contribution in [2.75, 3.05) is 10.2 Å². The fraction of sp³-hybridized carbons (Fsp3) is 0.368. The molecule has 1 aromatic heterocycles. The van der Waals surface area contributed by atoms with Crippen LogP contribution < -0.4 is 10.2 Å². The Labute approximate surface area is 152 Å². The molecule has 0 spiro atoms. The molecule has 0 saturated heterocycles. The summed E-state index contributed by atoms with van der Waals surface area (Å²) in [6, 6.07) is 7.97. The van der Waals surface area contributed by atoms with Crippen LogP contribution in [0.4, 0.5) is 11.5 Å². The van der Waals surface area contributed by atoms with E-state index in [0.29, 0.717) is 36.5 Å². The molecule has 26 heavy (non-hydrogen) atoms. The molecule has 0 fully saturated rings. The number of aromatic nitrogens is 2. The van der Waals surface area contributed by atoms with Crippen LogP contribution in [0.3, 0.4) is 0 Å². The van der Waals surface area contributed by atoms with E-state index < -0.39 is 6.04 Å². The molecule has 1 aromatic carbocycles.